The maximum atomic E-state index is 12.6. The Kier molecular flexibility index (Phi) is 5.96. The lowest BCUT2D eigenvalue weighted by Gasteiger charge is -2.28. The summed E-state index contributed by atoms with van der Waals surface area (Å²) in [5.41, 5.74) is 5.55. The summed E-state index contributed by atoms with van der Waals surface area (Å²) < 4.78 is 26.7. The second kappa shape index (κ2) is 7.02. The van der Waals surface area contributed by atoms with Gasteiger partial charge in [0.25, 0.3) is 10.0 Å². The van der Waals surface area contributed by atoms with E-state index in [9.17, 15) is 8.42 Å². The zero-order valence-corrected chi connectivity index (χ0v) is 12.7. The Labute approximate surface area is 115 Å². The number of nitrogens with one attached hydrogen (secondary N) is 1. The first-order valence-corrected chi connectivity index (χ1v) is 8.20. The van der Waals surface area contributed by atoms with Crippen LogP contribution in [0.25, 0.3) is 0 Å². The smallest absolute Gasteiger partial charge is 0.260 e. The maximum absolute atomic E-state index is 12.6. The Morgan fingerprint density at radius 3 is 2.42 bits per heavy atom. The average molecular weight is 288 g/mol. The van der Waals surface area contributed by atoms with Crippen molar-refractivity contribution in [3.05, 3.63) is 12.0 Å². The predicted molar refractivity (Wildman–Crippen MR) is 75.3 cm³/mol. The molecule has 0 saturated carbocycles. The van der Waals surface area contributed by atoms with Crippen LogP contribution in [0.15, 0.2) is 11.2 Å². The third kappa shape index (κ3) is 3.55. The number of aryl methyl sites for hydroxylation is 1. The summed E-state index contributed by atoms with van der Waals surface area (Å²) in [6.07, 6.45) is 3.60. The summed E-state index contributed by atoms with van der Waals surface area (Å²) in [6, 6.07) is -0.0260. The molecule has 0 aliphatic carbocycles. The number of imidazole rings is 1. The predicted octanol–water partition coefficient (Wildman–Crippen LogP) is 1.11. The van der Waals surface area contributed by atoms with E-state index in [1.54, 1.807) is 0 Å². The molecule has 0 aliphatic heterocycles. The first kappa shape index (κ1) is 16.1. The maximum Gasteiger partial charge on any atom is 0.260 e. The van der Waals surface area contributed by atoms with Crippen LogP contribution in [0.1, 0.15) is 39.4 Å². The number of H-pyrrole nitrogens is 1. The summed E-state index contributed by atoms with van der Waals surface area (Å²) >= 11 is 0. The number of nitrogens with zero attached hydrogens (tertiary/aromatic N) is 2. The van der Waals surface area contributed by atoms with Crippen molar-refractivity contribution < 1.29 is 8.42 Å². The minimum absolute atomic E-state index is 0.0260. The number of nitrogens with two attached hydrogens (primary N) is 1. The van der Waals surface area contributed by atoms with Crippen LogP contribution in [0.5, 0.6) is 0 Å². The minimum Gasteiger partial charge on any atom is -0.332 e. The molecule has 0 spiro atoms. The molecule has 7 heteroatoms. The van der Waals surface area contributed by atoms with Crippen molar-refractivity contribution >= 4 is 10.0 Å². The first-order valence-electron chi connectivity index (χ1n) is 6.76. The minimum atomic E-state index is -3.54. The van der Waals surface area contributed by atoms with Crippen molar-refractivity contribution in [2.24, 2.45) is 5.73 Å². The first-order chi connectivity index (χ1) is 9.01. The van der Waals surface area contributed by atoms with Crippen molar-refractivity contribution in [3.63, 3.8) is 0 Å². The highest BCUT2D eigenvalue weighted by Gasteiger charge is 2.30. The SMILES string of the molecule is CCc1ncc(S(=O)(=O)N(CCN)C(CC)CC)[nH]1. The summed E-state index contributed by atoms with van der Waals surface area (Å²) in [6.45, 7) is 6.53. The number of hydrogen-bond acceptors (Lipinski definition) is 4. The lowest BCUT2D eigenvalue weighted by molar-refractivity contribution is 0.308. The lowest BCUT2D eigenvalue weighted by Crippen LogP contribution is -2.42. The van der Waals surface area contributed by atoms with Gasteiger partial charge < -0.3 is 10.7 Å². The molecule has 110 valence electrons. The molecule has 0 aromatic carbocycles. The Hall–Kier alpha value is -0.920. The topological polar surface area (TPSA) is 92.1 Å². The molecule has 6 nitrogen and oxygen atoms in total. The largest absolute Gasteiger partial charge is 0.332 e. The molecule has 0 radical (unpaired) electrons. The molecular formula is C12H24N4O2S. The zero-order valence-electron chi connectivity index (χ0n) is 11.9. The second-order valence-electron chi connectivity index (χ2n) is 4.42. The van der Waals surface area contributed by atoms with Crippen LogP contribution in [0.3, 0.4) is 0 Å². The molecule has 1 aromatic heterocycles. The summed E-state index contributed by atoms with van der Waals surface area (Å²) in [4.78, 5) is 6.93. The van der Waals surface area contributed by atoms with Crippen LogP contribution in [0.4, 0.5) is 0 Å². The summed E-state index contributed by atoms with van der Waals surface area (Å²) in [5, 5.41) is 0.157. The molecule has 19 heavy (non-hydrogen) atoms. The number of aromatic amines is 1. The molecule has 0 bridgehead atoms. The molecule has 0 atom stereocenters. The fourth-order valence-electron chi connectivity index (χ4n) is 2.10. The molecular weight excluding hydrogens is 264 g/mol. The van der Waals surface area contributed by atoms with Gasteiger partial charge in [-0.2, -0.15) is 4.31 Å². The van der Waals surface area contributed by atoms with Crippen LogP contribution >= 0.6 is 0 Å². The van der Waals surface area contributed by atoms with E-state index in [0.717, 1.165) is 12.8 Å². The van der Waals surface area contributed by atoms with Crippen molar-refractivity contribution in [1.82, 2.24) is 14.3 Å². The van der Waals surface area contributed by atoms with Gasteiger partial charge in [-0.15, -0.1) is 0 Å². The highest BCUT2D eigenvalue weighted by atomic mass is 32.2. The molecule has 0 amide bonds. The van der Waals surface area contributed by atoms with Gasteiger partial charge >= 0.3 is 0 Å². The van der Waals surface area contributed by atoms with Crippen LogP contribution < -0.4 is 5.73 Å². The van der Waals surface area contributed by atoms with Crippen molar-refractivity contribution in [1.29, 1.82) is 0 Å². The molecule has 0 unspecified atom stereocenters. The summed E-state index contributed by atoms with van der Waals surface area (Å²) in [5.74, 6) is 0.677. The van der Waals surface area contributed by atoms with Gasteiger partial charge in [0.15, 0.2) is 5.03 Å². The Bertz CT molecular complexity index is 480. The molecule has 1 rings (SSSR count). The molecule has 1 aromatic rings. The molecule has 0 fully saturated rings. The molecule has 1 heterocycles. The van der Waals surface area contributed by atoms with E-state index in [4.69, 9.17) is 5.73 Å². The average Bonchev–Trinajstić information content (AvgIpc) is 2.88. The Balaban J connectivity index is 3.11. The van der Waals surface area contributed by atoms with E-state index in [1.807, 2.05) is 20.8 Å². The number of rotatable bonds is 8. The fourth-order valence-corrected chi connectivity index (χ4v) is 3.82. The van der Waals surface area contributed by atoms with Crippen LogP contribution in [-0.4, -0.2) is 41.8 Å². The quantitative estimate of drug-likeness (QED) is 0.749. The van der Waals surface area contributed by atoms with Crippen molar-refractivity contribution in [3.8, 4) is 0 Å². The molecule has 0 saturated heterocycles. The van der Waals surface area contributed by atoms with E-state index in [0.29, 0.717) is 25.3 Å². The van der Waals surface area contributed by atoms with Gasteiger partial charge in [-0.25, -0.2) is 13.4 Å². The van der Waals surface area contributed by atoms with Crippen LogP contribution in [0.2, 0.25) is 0 Å². The fraction of sp³-hybridized carbons (Fsp3) is 0.750. The highest BCUT2D eigenvalue weighted by molar-refractivity contribution is 7.89. The van der Waals surface area contributed by atoms with Gasteiger partial charge in [0, 0.05) is 25.6 Å². The highest BCUT2D eigenvalue weighted by Crippen LogP contribution is 2.19. The van der Waals surface area contributed by atoms with Gasteiger partial charge in [-0.05, 0) is 12.8 Å². The van der Waals surface area contributed by atoms with Gasteiger partial charge in [-0.3, -0.25) is 0 Å². The van der Waals surface area contributed by atoms with Crippen LogP contribution in [0, 0.1) is 0 Å². The summed E-state index contributed by atoms with van der Waals surface area (Å²) in [7, 11) is -3.54. The van der Waals surface area contributed by atoms with Gasteiger partial charge in [0.2, 0.25) is 0 Å². The van der Waals surface area contributed by atoms with Gasteiger partial charge in [0.1, 0.15) is 5.82 Å². The number of sulfonamides is 1. The van der Waals surface area contributed by atoms with E-state index < -0.39 is 10.0 Å². The van der Waals surface area contributed by atoms with E-state index >= 15 is 0 Å². The van der Waals surface area contributed by atoms with E-state index in [-0.39, 0.29) is 11.1 Å². The van der Waals surface area contributed by atoms with E-state index in [1.165, 1.54) is 10.5 Å². The van der Waals surface area contributed by atoms with Crippen molar-refractivity contribution in [2.45, 2.75) is 51.1 Å². The monoisotopic (exact) mass is 288 g/mol. The zero-order chi connectivity index (χ0) is 14.5. The van der Waals surface area contributed by atoms with Crippen molar-refractivity contribution in [2.75, 3.05) is 13.1 Å². The normalized spacial score (nSPS) is 12.5. The third-order valence-electron chi connectivity index (χ3n) is 3.23. The lowest BCUT2D eigenvalue weighted by atomic mass is 10.2. The number of aromatic nitrogens is 2. The number of hydrogen-bond donors (Lipinski definition) is 2. The Morgan fingerprint density at radius 1 is 1.37 bits per heavy atom. The van der Waals surface area contributed by atoms with Gasteiger partial charge in [0.05, 0.1) is 6.20 Å². The molecule has 0 aliphatic rings. The second-order valence-corrected chi connectivity index (χ2v) is 6.28. The van der Waals surface area contributed by atoms with Crippen LogP contribution in [-0.2, 0) is 16.4 Å². The molecule has 3 N–H and O–H groups in total. The van der Waals surface area contributed by atoms with E-state index in [2.05, 4.69) is 9.97 Å². The van der Waals surface area contributed by atoms with Gasteiger partial charge in [-0.1, -0.05) is 20.8 Å². The standard InChI is InChI=1S/C12H24N4O2S/c1-4-10(5-2)16(8-7-13)19(17,18)12-9-14-11(6-3)15-12/h9-10H,4-8,13H2,1-3H3,(H,14,15). The third-order valence-corrected chi connectivity index (χ3v) is 5.09. The Morgan fingerprint density at radius 2 is 2.00 bits per heavy atom.